The van der Waals surface area contributed by atoms with Crippen LogP contribution >= 0.6 is 0 Å². The smallest absolute Gasteiger partial charge is 0.0110 e. The van der Waals surface area contributed by atoms with Crippen LogP contribution in [0.1, 0.15) is 19.8 Å². The molecular weight excluding hydrogens is 174 g/mol. The fourth-order valence-electron chi connectivity index (χ4n) is 2.71. The molecule has 2 rings (SSSR count). The first-order valence-corrected chi connectivity index (χ1v) is 6.03. The van der Waals surface area contributed by atoms with Crippen LogP contribution in [0.5, 0.6) is 0 Å². The molecule has 3 heteroatoms. The van der Waals surface area contributed by atoms with Gasteiger partial charge < -0.3 is 10.6 Å². The number of rotatable bonds is 2. The summed E-state index contributed by atoms with van der Waals surface area (Å²) >= 11 is 0. The summed E-state index contributed by atoms with van der Waals surface area (Å²) in [6.07, 6.45) is 2.73. The van der Waals surface area contributed by atoms with Crippen LogP contribution in [0.15, 0.2) is 0 Å². The first kappa shape index (κ1) is 10.4. The lowest BCUT2D eigenvalue weighted by Crippen LogP contribution is -2.51. The highest BCUT2D eigenvalue weighted by atomic mass is 15.2. The van der Waals surface area contributed by atoms with Crippen molar-refractivity contribution in [3.63, 3.8) is 0 Å². The van der Waals surface area contributed by atoms with Crippen molar-refractivity contribution in [2.75, 3.05) is 39.3 Å². The van der Waals surface area contributed by atoms with E-state index in [1.54, 1.807) is 0 Å². The predicted molar refractivity (Wildman–Crippen MR) is 59.5 cm³/mol. The van der Waals surface area contributed by atoms with Crippen molar-refractivity contribution >= 4 is 0 Å². The topological polar surface area (TPSA) is 27.3 Å². The van der Waals surface area contributed by atoms with Gasteiger partial charge in [0.2, 0.25) is 0 Å². The average molecular weight is 197 g/mol. The molecule has 0 spiro atoms. The maximum atomic E-state index is 3.44. The maximum absolute atomic E-state index is 3.44. The lowest BCUT2D eigenvalue weighted by atomic mass is 9.90. The Labute approximate surface area is 87.2 Å². The largest absolute Gasteiger partial charge is 0.317 e. The third-order valence-corrected chi connectivity index (χ3v) is 3.79. The van der Waals surface area contributed by atoms with Crippen molar-refractivity contribution in [1.29, 1.82) is 0 Å². The van der Waals surface area contributed by atoms with Crippen molar-refractivity contribution in [3.05, 3.63) is 0 Å². The molecule has 2 fully saturated rings. The molecule has 0 saturated carbocycles. The van der Waals surface area contributed by atoms with Crippen LogP contribution in [0.25, 0.3) is 0 Å². The van der Waals surface area contributed by atoms with Gasteiger partial charge in [0.25, 0.3) is 0 Å². The number of piperazine rings is 1. The van der Waals surface area contributed by atoms with Crippen LogP contribution in [-0.4, -0.2) is 50.2 Å². The molecule has 2 aliphatic rings. The molecule has 2 heterocycles. The Morgan fingerprint density at radius 3 is 2.21 bits per heavy atom. The Balaban J connectivity index is 1.82. The van der Waals surface area contributed by atoms with E-state index in [-0.39, 0.29) is 0 Å². The summed E-state index contributed by atoms with van der Waals surface area (Å²) in [4.78, 5) is 2.66. The van der Waals surface area contributed by atoms with Crippen LogP contribution in [0, 0.1) is 5.92 Å². The Hall–Kier alpha value is -0.120. The van der Waals surface area contributed by atoms with E-state index in [1.165, 1.54) is 52.1 Å². The number of piperidine rings is 1. The number of hydrogen-bond acceptors (Lipinski definition) is 3. The lowest BCUT2D eigenvalue weighted by Gasteiger charge is -2.39. The van der Waals surface area contributed by atoms with Crippen LogP contribution in [-0.2, 0) is 0 Å². The number of nitrogens with one attached hydrogen (secondary N) is 2. The average Bonchev–Trinajstić information content (AvgIpc) is 2.30. The van der Waals surface area contributed by atoms with E-state index in [4.69, 9.17) is 0 Å². The Bertz CT molecular complexity index is 142. The minimum absolute atomic E-state index is 0.791. The van der Waals surface area contributed by atoms with Crippen LogP contribution in [0.3, 0.4) is 0 Å². The molecule has 0 bridgehead atoms. The predicted octanol–water partition coefficient (Wildman–Crippen LogP) is 0.280. The van der Waals surface area contributed by atoms with Crippen molar-refractivity contribution in [3.8, 4) is 0 Å². The molecule has 0 radical (unpaired) electrons. The summed E-state index contributed by atoms with van der Waals surface area (Å²) in [5, 5.41) is 6.86. The standard InChI is InChI=1S/C11H23N3/c1-10(11-2-4-12-5-3-11)14-8-6-13-7-9-14/h10-13H,2-9H2,1H3/t10-/m0/s1. The van der Waals surface area contributed by atoms with Gasteiger partial charge in [-0.3, -0.25) is 4.90 Å². The molecule has 0 aromatic heterocycles. The molecule has 0 aliphatic carbocycles. The number of nitrogens with zero attached hydrogens (tertiary/aromatic N) is 1. The molecule has 0 aromatic carbocycles. The second-order valence-corrected chi connectivity index (χ2v) is 4.61. The summed E-state index contributed by atoms with van der Waals surface area (Å²) in [6.45, 7) is 9.70. The highest BCUT2D eigenvalue weighted by Crippen LogP contribution is 2.20. The molecule has 82 valence electrons. The van der Waals surface area contributed by atoms with Gasteiger partial charge in [-0.05, 0) is 38.8 Å². The third kappa shape index (κ3) is 2.47. The molecule has 0 aromatic rings. The zero-order chi connectivity index (χ0) is 9.80. The van der Waals surface area contributed by atoms with E-state index >= 15 is 0 Å². The minimum Gasteiger partial charge on any atom is -0.317 e. The molecule has 2 N–H and O–H groups in total. The number of hydrogen-bond donors (Lipinski definition) is 2. The fourth-order valence-corrected chi connectivity index (χ4v) is 2.71. The second-order valence-electron chi connectivity index (χ2n) is 4.61. The van der Waals surface area contributed by atoms with Crippen molar-refractivity contribution < 1.29 is 0 Å². The van der Waals surface area contributed by atoms with E-state index < -0.39 is 0 Å². The van der Waals surface area contributed by atoms with Crippen LogP contribution in [0.4, 0.5) is 0 Å². The van der Waals surface area contributed by atoms with Crippen molar-refractivity contribution in [2.45, 2.75) is 25.8 Å². The quantitative estimate of drug-likeness (QED) is 0.666. The van der Waals surface area contributed by atoms with Gasteiger partial charge in [-0.15, -0.1) is 0 Å². The molecule has 0 amide bonds. The molecule has 0 unspecified atom stereocenters. The van der Waals surface area contributed by atoms with E-state index in [0.717, 1.165) is 12.0 Å². The SMILES string of the molecule is C[C@@H](C1CCNCC1)N1CCNCC1. The van der Waals surface area contributed by atoms with Gasteiger partial charge in [0.15, 0.2) is 0 Å². The molecule has 2 saturated heterocycles. The van der Waals surface area contributed by atoms with E-state index in [0.29, 0.717) is 0 Å². The van der Waals surface area contributed by atoms with E-state index in [2.05, 4.69) is 22.5 Å². The van der Waals surface area contributed by atoms with Crippen molar-refractivity contribution in [1.82, 2.24) is 15.5 Å². The second kappa shape index (κ2) is 5.10. The summed E-state index contributed by atoms with van der Waals surface area (Å²) in [7, 11) is 0. The molecule has 3 nitrogen and oxygen atoms in total. The van der Waals surface area contributed by atoms with Gasteiger partial charge in [-0.25, -0.2) is 0 Å². The molecular formula is C11H23N3. The summed E-state index contributed by atoms with van der Waals surface area (Å²) < 4.78 is 0. The Kier molecular flexibility index (Phi) is 3.79. The maximum Gasteiger partial charge on any atom is 0.0110 e. The van der Waals surface area contributed by atoms with Gasteiger partial charge in [-0.1, -0.05) is 0 Å². The molecule has 14 heavy (non-hydrogen) atoms. The summed E-state index contributed by atoms with van der Waals surface area (Å²) in [5.74, 6) is 0.925. The Morgan fingerprint density at radius 1 is 1.00 bits per heavy atom. The summed E-state index contributed by atoms with van der Waals surface area (Å²) in [6, 6.07) is 0.791. The van der Waals surface area contributed by atoms with Crippen molar-refractivity contribution in [2.24, 2.45) is 5.92 Å². The van der Waals surface area contributed by atoms with E-state index in [1.807, 2.05) is 0 Å². The van der Waals surface area contributed by atoms with Gasteiger partial charge in [0, 0.05) is 32.2 Å². The van der Waals surface area contributed by atoms with Crippen LogP contribution < -0.4 is 10.6 Å². The minimum atomic E-state index is 0.791. The highest BCUT2D eigenvalue weighted by Gasteiger charge is 2.25. The van der Waals surface area contributed by atoms with Gasteiger partial charge in [-0.2, -0.15) is 0 Å². The Morgan fingerprint density at radius 2 is 1.57 bits per heavy atom. The summed E-state index contributed by atoms with van der Waals surface area (Å²) in [5.41, 5.74) is 0. The molecule has 2 aliphatic heterocycles. The first-order valence-electron chi connectivity index (χ1n) is 6.03. The zero-order valence-corrected chi connectivity index (χ0v) is 9.26. The monoisotopic (exact) mass is 197 g/mol. The molecule has 1 atom stereocenters. The third-order valence-electron chi connectivity index (χ3n) is 3.79. The normalized spacial score (nSPS) is 28.9. The van der Waals surface area contributed by atoms with Crippen LogP contribution in [0.2, 0.25) is 0 Å². The highest BCUT2D eigenvalue weighted by molar-refractivity contribution is 4.82. The zero-order valence-electron chi connectivity index (χ0n) is 9.26. The first-order chi connectivity index (χ1) is 6.88. The van der Waals surface area contributed by atoms with Gasteiger partial charge in [0.05, 0.1) is 0 Å². The lowest BCUT2D eigenvalue weighted by molar-refractivity contribution is 0.119. The van der Waals surface area contributed by atoms with E-state index in [9.17, 15) is 0 Å². The van der Waals surface area contributed by atoms with Gasteiger partial charge >= 0.3 is 0 Å². The van der Waals surface area contributed by atoms with Gasteiger partial charge in [0.1, 0.15) is 0 Å². The fraction of sp³-hybridized carbons (Fsp3) is 1.00.